The zero-order valence-corrected chi connectivity index (χ0v) is 14.0. The van der Waals surface area contributed by atoms with Crippen LogP contribution in [0.1, 0.15) is 50.3 Å². The number of nitrogens with one attached hydrogen (secondary N) is 1. The lowest BCUT2D eigenvalue weighted by Gasteiger charge is -2.19. The first-order valence-corrected chi connectivity index (χ1v) is 9.41. The van der Waals surface area contributed by atoms with E-state index < -0.39 is 9.84 Å². The molecule has 0 spiro atoms. The lowest BCUT2D eigenvalue weighted by molar-refractivity contribution is 0.488. The standard InChI is InChI=1S/C16H26FNO2S/c1-4-8-18-16(7-6-9-21(19,20)5-2)14-10-13(3)11-15(17)12-14/h10-12,16,18H,4-9H2,1-3H3. The molecule has 0 aromatic heterocycles. The first-order valence-electron chi connectivity index (χ1n) is 7.59. The van der Waals surface area contributed by atoms with Gasteiger partial charge in [0.05, 0.1) is 5.75 Å². The molecule has 1 aromatic carbocycles. The maximum absolute atomic E-state index is 13.6. The van der Waals surface area contributed by atoms with Crippen LogP contribution in [0.5, 0.6) is 0 Å². The van der Waals surface area contributed by atoms with Gasteiger partial charge < -0.3 is 5.32 Å². The van der Waals surface area contributed by atoms with Crippen molar-refractivity contribution in [3.05, 3.63) is 35.1 Å². The summed E-state index contributed by atoms with van der Waals surface area (Å²) in [5.74, 6) is 0.135. The predicted octanol–water partition coefficient (Wildman–Crippen LogP) is 3.39. The third-order valence-corrected chi connectivity index (χ3v) is 5.29. The molecule has 0 bridgehead atoms. The minimum atomic E-state index is -2.94. The smallest absolute Gasteiger partial charge is 0.150 e. The molecule has 0 radical (unpaired) electrons. The SMILES string of the molecule is CCCNC(CCCS(=O)(=O)CC)c1cc(C)cc(F)c1. The van der Waals surface area contributed by atoms with Gasteiger partial charge in [-0.25, -0.2) is 12.8 Å². The maximum atomic E-state index is 13.6. The average molecular weight is 315 g/mol. The molecule has 0 heterocycles. The van der Waals surface area contributed by atoms with Crippen molar-refractivity contribution in [2.45, 2.75) is 46.1 Å². The van der Waals surface area contributed by atoms with Gasteiger partial charge in [-0.3, -0.25) is 0 Å². The summed E-state index contributed by atoms with van der Waals surface area (Å²) in [7, 11) is -2.94. The Labute approximate surface area is 127 Å². The highest BCUT2D eigenvalue weighted by molar-refractivity contribution is 7.91. The molecule has 0 fully saturated rings. The Bertz CT molecular complexity index is 523. The Kier molecular flexibility index (Phi) is 7.32. The molecule has 0 aliphatic heterocycles. The van der Waals surface area contributed by atoms with Crippen molar-refractivity contribution in [3.8, 4) is 0 Å². The van der Waals surface area contributed by atoms with Crippen molar-refractivity contribution in [3.63, 3.8) is 0 Å². The highest BCUT2D eigenvalue weighted by Gasteiger charge is 2.14. The molecule has 0 amide bonds. The highest BCUT2D eigenvalue weighted by atomic mass is 32.2. The quantitative estimate of drug-likeness (QED) is 0.760. The Hall–Kier alpha value is -0.940. The van der Waals surface area contributed by atoms with Crippen LogP contribution in [0.3, 0.4) is 0 Å². The molecule has 1 unspecified atom stereocenters. The Morgan fingerprint density at radius 3 is 2.52 bits per heavy atom. The second-order valence-electron chi connectivity index (χ2n) is 5.45. The van der Waals surface area contributed by atoms with Gasteiger partial charge in [0.1, 0.15) is 15.7 Å². The molecule has 1 N–H and O–H groups in total. The van der Waals surface area contributed by atoms with Gasteiger partial charge in [0.15, 0.2) is 0 Å². The van der Waals surface area contributed by atoms with Crippen LogP contribution in [-0.4, -0.2) is 26.5 Å². The van der Waals surface area contributed by atoms with Gasteiger partial charge in [-0.15, -0.1) is 0 Å². The molecule has 21 heavy (non-hydrogen) atoms. The van der Waals surface area contributed by atoms with Crippen molar-refractivity contribution < 1.29 is 12.8 Å². The zero-order valence-electron chi connectivity index (χ0n) is 13.2. The zero-order chi connectivity index (χ0) is 15.9. The second kappa shape index (κ2) is 8.49. The van der Waals surface area contributed by atoms with Crippen molar-refractivity contribution in [1.82, 2.24) is 5.32 Å². The molecule has 120 valence electrons. The van der Waals surface area contributed by atoms with Crippen LogP contribution in [0.25, 0.3) is 0 Å². The molecule has 1 atom stereocenters. The van der Waals surface area contributed by atoms with Crippen LogP contribution in [0, 0.1) is 12.7 Å². The van der Waals surface area contributed by atoms with Gasteiger partial charge in [-0.1, -0.05) is 19.9 Å². The Morgan fingerprint density at radius 1 is 1.24 bits per heavy atom. The van der Waals surface area contributed by atoms with Gasteiger partial charge in [-0.05, 0) is 56.0 Å². The first kappa shape index (κ1) is 18.1. The second-order valence-corrected chi connectivity index (χ2v) is 7.92. The van der Waals surface area contributed by atoms with E-state index in [1.165, 1.54) is 12.1 Å². The molecule has 0 aliphatic carbocycles. The van der Waals surface area contributed by atoms with E-state index in [9.17, 15) is 12.8 Å². The summed E-state index contributed by atoms with van der Waals surface area (Å²) in [6.07, 6.45) is 2.27. The van der Waals surface area contributed by atoms with E-state index in [4.69, 9.17) is 0 Å². The summed E-state index contributed by atoms with van der Waals surface area (Å²) < 4.78 is 36.7. The van der Waals surface area contributed by atoms with Crippen molar-refractivity contribution in [1.29, 1.82) is 0 Å². The molecular weight excluding hydrogens is 289 g/mol. The summed E-state index contributed by atoms with van der Waals surface area (Å²) in [6, 6.07) is 5.01. The fraction of sp³-hybridized carbons (Fsp3) is 0.625. The minimum absolute atomic E-state index is 0.00593. The van der Waals surface area contributed by atoms with E-state index in [-0.39, 0.29) is 23.4 Å². The third kappa shape index (κ3) is 6.57. The predicted molar refractivity (Wildman–Crippen MR) is 85.7 cm³/mol. The number of halogens is 1. The molecule has 1 rings (SSSR count). The Morgan fingerprint density at radius 2 is 1.95 bits per heavy atom. The molecule has 0 saturated heterocycles. The molecule has 0 aliphatic rings. The highest BCUT2D eigenvalue weighted by Crippen LogP contribution is 2.21. The van der Waals surface area contributed by atoms with E-state index in [1.54, 1.807) is 6.92 Å². The number of benzene rings is 1. The van der Waals surface area contributed by atoms with Crippen LogP contribution >= 0.6 is 0 Å². The largest absolute Gasteiger partial charge is 0.310 e. The van der Waals surface area contributed by atoms with Crippen molar-refractivity contribution in [2.24, 2.45) is 0 Å². The number of rotatable bonds is 9. The van der Waals surface area contributed by atoms with Gasteiger partial charge in [0, 0.05) is 11.8 Å². The monoisotopic (exact) mass is 315 g/mol. The van der Waals surface area contributed by atoms with Crippen LogP contribution in [0.2, 0.25) is 0 Å². The lowest BCUT2D eigenvalue weighted by atomic mass is 10.00. The molecular formula is C16H26FNO2S. The van der Waals surface area contributed by atoms with E-state index in [0.29, 0.717) is 12.8 Å². The van der Waals surface area contributed by atoms with Crippen LogP contribution in [0.4, 0.5) is 4.39 Å². The number of hydrogen-bond acceptors (Lipinski definition) is 3. The number of hydrogen-bond donors (Lipinski definition) is 1. The van der Waals surface area contributed by atoms with E-state index in [0.717, 1.165) is 24.1 Å². The van der Waals surface area contributed by atoms with Crippen LogP contribution in [-0.2, 0) is 9.84 Å². The summed E-state index contributed by atoms with van der Waals surface area (Å²) in [4.78, 5) is 0. The normalized spacial score (nSPS) is 13.3. The summed E-state index contributed by atoms with van der Waals surface area (Å²) in [5.41, 5.74) is 1.78. The van der Waals surface area contributed by atoms with E-state index in [1.807, 2.05) is 13.0 Å². The fourth-order valence-electron chi connectivity index (χ4n) is 2.32. The van der Waals surface area contributed by atoms with E-state index >= 15 is 0 Å². The summed E-state index contributed by atoms with van der Waals surface area (Å²) in [6.45, 7) is 6.44. The third-order valence-electron chi connectivity index (χ3n) is 3.50. The van der Waals surface area contributed by atoms with Crippen molar-refractivity contribution >= 4 is 9.84 Å². The topological polar surface area (TPSA) is 46.2 Å². The van der Waals surface area contributed by atoms with E-state index in [2.05, 4.69) is 12.2 Å². The summed E-state index contributed by atoms with van der Waals surface area (Å²) in [5, 5.41) is 3.38. The minimum Gasteiger partial charge on any atom is -0.310 e. The molecule has 3 nitrogen and oxygen atoms in total. The first-order chi connectivity index (χ1) is 9.88. The van der Waals surface area contributed by atoms with Gasteiger partial charge >= 0.3 is 0 Å². The number of aryl methyl sites for hydroxylation is 1. The van der Waals surface area contributed by atoms with Gasteiger partial charge in [0.25, 0.3) is 0 Å². The summed E-state index contributed by atoms with van der Waals surface area (Å²) >= 11 is 0. The average Bonchev–Trinajstić information content (AvgIpc) is 2.41. The lowest BCUT2D eigenvalue weighted by Crippen LogP contribution is -2.23. The van der Waals surface area contributed by atoms with Crippen LogP contribution < -0.4 is 5.32 Å². The number of sulfone groups is 1. The fourth-order valence-corrected chi connectivity index (χ4v) is 3.22. The Balaban J connectivity index is 2.75. The van der Waals surface area contributed by atoms with Crippen molar-refractivity contribution in [2.75, 3.05) is 18.1 Å². The maximum Gasteiger partial charge on any atom is 0.150 e. The van der Waals surface area contributed by atoms with Crippen LogP contribution in [0.15, 0.2) is 18.2 Å². The van der Waals surface area contributed by atoms with Gasteiger partial charge in [-0.2, -0.15) is 0 Å². The molecule has 1 aromatic rings. The molecule has 0 saturated carbocycles. The molecule has 5 heteroatoms. The van der Waals surface area contributed by atoms with Gasteiger partial charge in [0.2, 0.25) is 0 Å².